The van der Waals surface area contributed by atoms with Crippen molar-refractivity contribution in [3.05, 3.63) is 64.2 Å². The third-order valence-electron chi connectivity index (χ3n) is 4.13. The monoisotopic (exact) mass is 440 g/mol. The van der Waals surface area contributed by atoms with Gasteiger partial charge in [-0.2, -0.15) is 0 Å². The fraction of sp³-hybridized carbons (Fsp3) is 0.158. The Morgan fingerprint density at radius 2 is 1.93 bits per heavy atom. The lowest BCUT2D eigenvalue weighted by molar-refractivity contribution is -0.113. The van der Waals surface area contributed by atoms with Crippen molar-refractivity contribution in [3.63, 3.8) is 0 Å². The summed E-state index contributed by atoms with van der Waals surface area (Å²) in [6.07, 6.45) is 5.08. The van der Waals surface area contributed by atoms with E-state index in [9.17, 15) is 14.7 Å². The number of phenols is 1. The van der Waals surface area contributed by atoms with Crippen molar-refractivity contribution < 1.29 is 9.90 Å². The molecule has 4 aromatic rings. The van der Waals surface area contributed by atoms with Crippen molar-refractivity contribution in [1.29, 1.82) is 0 Å². The summed E-state index contributed by atoms with van der Waals surface area (Å²) in [6, 6.07) is 6.79. The molecule has 0 aliphatic heterocycles. The number of amides is 1. The number of hydrogen-bond donors (Lipinski definition) is 2. The minimum absolute atomic E-state index is 0.0665. The lowest BCUT2D eigenvalue weighted by atomic mass is 10.1. The normalized spacial score (nSPS) is 10.9. The summed E-state index contributed by atoms with van der Waals surface area (Å²) < 4.78 is 1.51. The Balaban J connectivity index is 1.57. The fourth-order valence-electron chi connectivity index (χ4n) is 2.71. The van der Waals surface area contributed by atoms with Crippen molar-refractivity contribution in [1.82, 2.24) is 24.5 Å². The molecule has 0 unspecified atom stereocenters. The maximum absolute atomic E-state index is 13.0. The third-order valence-corrected chi connectivity index (χ3v) is 5.80. The number of carbonyl (C=O) groups is 1. The molecule has 0 fully saturated rings. The van der Waals surface area contributed by atoms with Gasteiger partial charge in [-0.3, -0.25) is 14.2 Å². The van der Waals surface area contributed by atoms with Crippen LogP contribution in [0.1, 0.15) is 5.56 Å². The smallest absolute Gasteiger partial charge is 0.282 e. The Labute approximate surface area is 178 Å². The van der Waals surface area contributed by atoms with E-state index in [1.165, 1.54) is 28.3 Å². The first-order valence-corrected chi connectivity index (χ1v) is 10.8. The number of fused-ring (bicyclic) bond motifs is 1. The second-order valence-corrected chi connectivity index (χ2v) is 8.01. The summed E-state index contributed by atoms with van der Waals surface area (Å²) in [5, 5.41) is 14.8. The van der Waals surface area contributed by atoms with E-state index in [0.717, 1.165) is 17.3 Å². The Bertz CT molecular complexity index is 1230. The van der Waals surface area contributed by atoms with E-state index in [1.807, 2.05) is 0 Å². The molecular formula is C19H16N6O3S2. The van der Waals surface area contributed by atoms with E-state index in [-0.39, 0.29) is 34.1 Å². The van der Waals surface area contributed by atoms with E-state index in [2.05, 4.69) is 25.3 Å². The predicted octanol–water partition coefficient (Wildman–Crippen LogP) is 2.32. The maximum atomic E-state index is 13.0. The summed E-state index contributed by atoms with van der Waals surface area (Å²) >= 11 is 2.48. The number of aromatic hydroxyl groups is 1. The molecule has 0 saturated heterocycles. The van der Waals surface area contributed by atoms with Gasteiger partial charge in [-0.05, 0) is 24.1 Å². The van der Waals surface area contributed by atoms with Crippen LogP contribution in [0, 0.1) is 0 Å². The number of phenolic OH excluding ortho intramolecular Hbond substituents is 1. The second kappa shape index (κ2) is 9.01. The lowest BCUT2D eigenvalue weighted by Crippen LogP contribution is -2.26. The highest BCUT2D eigenvalue weighted by Gasteiger charge is 2.15. The molecule has 0 aliphatic carbocycles. The van der Waals surface area contributed by atoms with Crippen LogP contribution in [0.5, 0.6) is 5.75 Å². The molecule has 152 valence electrons. The van der Waals surface area contributed by atoms with Crippen molar-refractivity contribution in [2.75, 3.05) is 11.1 Å². The Morgan fingerprint density at radius 1 is 1.13 bits per heavy atom. The van der Waals surface area contributed by atoms with Gasteiger partial charge in [-0.25, -0.2) is 19.9 Å². The average Bonchev–Trinajstić information content (AvgIpc) is 3.26. The number of nitrogens with zero attached hydrogens (tertiary/aromatic N) is 5. The molecule has 30 heavy (non-hydrogen) atoms. The molecule has 0 saturated carbocycles. The number of nitrogens with one attached hydrogen (secondary N) is 1. The van der Waals surface area contributed by atoms with E-state index in [4.69, 9.17) is 0 Å². The van der Waals surface area contributed by atoms with Crippen LogP contribution in [0.4, 0.5) is 5.13 Å². The molecule has 11 heteroatoms. The summed E-state index contributed by atoms with van der Waals surface area (Å²) in [7, 11) is 0. The molecule has 1 amide bonds. The van der Waals surface area contributed by atoms with Gasteiger partial charge in [0.15, 0.2) is 21.5 Å². The van der Waals surface area contributed by atoms with Gasteiger partial charge >= 0.3 is 0 Å². The fourth-order valence-corrected chi connectivity index (χ4v) is 4.07. The molecule has 4 rings (SSSR count). The van der Waals surface area contributed by atoms with Gasteiger partial charge in [-0.15, -0.1) is 11.3 Å². The van der Waals surface area contributed by atoms with Crippen molar-refractivity contribution in [2.24, 2.45) is 0 Å². The molecule has 0 spiro atoms. The Morgan fingerprint density at radius 3 is 2.70 bits per heavy atom. The van der Waals surface area contributed by atoms with Crippen LogP contribution in [-0.2, 0) is 17.8 Å². The van der Waals surface area contributed by atoms with Gasteiger partial charge in [0.1, 0.15) is 5.75 Å². The Hall–Kier alpha value is -3.31. The van der Waals surface area contributed by atoms with Crippen LogP contribution >= 0.6 is 23.1 Å². The molecule has 1 aromatic carbocycles. The van der Waals surface area contributed by atoms with Gasteiger partial charge in [0.05, 0.1) is 5.75 Å². The summed E-state index contributed by atoms with van der Waals surface area (Å²) in [5.41, 5.74) is 1.07. The number of hydrogen-bond acceptors (Lipinski definition) is 9. The molecule has 0 atom stereocenters. The number of thiazole rings is 1. The van der Waals surface area contributed by atoms with E-state index in [0.29, 0.717) is 23.3 Å². The molecule has 9 nitrogen and oxygen atoms in total. The van der Waals surface area contributed by atoms with Crippen LogP contribution in [0.2, 0.25) is 0 Å². The van der Waals surface area contributed by atoms with Crippen LogP contribution in [0.3, 0.4) is 0 Å². The van der Waals surface area contributed by atoms with Gasteiger partial charge in [-0.1, -0.05) is 23.9 Å². The first-order valence-electron chi connectivity index (χ1n) is 8.92. The average molecular weight is 441 g/mol. The van der Waals surface area contributed by atoms with E-state index in [1.54, 1.807) is 35.8 Å². The van der Waals surface area contributed by atoms with Gasteiger partial charge < -0.3 is 10.4 Å². The molecule has 2 N–H and O–H groups in total. The van der Waals surface area contributed by atoms with Crippen molar-refractivity contribution >= 4 is 45.3 Å². The van der Waals surface area contributed by atoms with Crippen molar-refractivity contribution in [2.45, 2.75) is 18.1 Å². The Kier molecular flexibility index (Phi) is 6.00. The van der Waals surface area contributed by atoms with E-state index < -0.39 is 0 Å². The highest BCUT2D eigenvalue weighted by Crippen LogP contribution is 2.19. The molecule has 3 heterocycles. The number of anilines is 1. The first kappa shape index (κ1) is 20.0. The number of carbonyl (C=O) groups excluding carboxylic acids is 1. The number of aromatic nitrogens is 5. The van der Waals surface area contributed by atoms with E-state index >= 15 is 0 Å². The minimum atomic E-state index is -0.310. The number of thioether (sulfide) groups is 1. The van der Waals surface area contributed by atoms with Crippen LogP contribution in [0.25, 0.3) is 11.2 Å². The third kappa shape index (κ3) is 4.63. The van der Waals surface area contributed by atoms with Gasteiger partial charge in [0, 0.05) is 30.5 Å². The largest absolute Gasteiger partial charge is 0.508 e. The zero-order valence-electron chi connectivity index (χ0n) is 15.6. The molecule has 0 radical (unpaired) electrons. The number of benzene rings is 1. The summed E-state index contributed by atoms with van der Waals surface area (Å²) in [6.45, 7) is 0.347. The minimum Gasteiger partial charge on any atom is -0.508 e. The summed E-state index contributed by atoms with van der Waals surface area (Å²) in [4.78, 5) is 41.9. The zero-order valence-corrected chi connectivity index (χ0v) is 17.2. The van der Waals surface area contributed by atoms with Crippen molar-refractivity contribution in [3.8, 4) is 5.75 Å². The highest BCUT2D eigenvalue weighted by molar-refractivity contribution is 7.99. The highest BCUT2D eigenvalue weighted by atomic mass is 32.2. The quantitative estimate of drug-likeness (QED) is 0.332. The lowest BCUT2D eigenvalue weighted by Gasteiger charge is -2.12. The van der Waals surface area contributed by atoms with Gasteiger partial charge in [0.2, 0.25) is 5.91 Å². The van der Waals surface area contributed by atoms with Crippen LogP contribution in [0.15, 0.2) is 58.2 Å². The van der Waals surface area contributed by atoms with Crippen LogP contribution < -0.4 is 10.9 Å². The SMILES string of the molecule is O=C(CSc1nc2nccnc2c(=O)n1CCc1ccc(O)cc1)Nc1nccs1. The topological polar surface area (TPSA) is 123 Å². The first-order chi connectivity index (χ1) is 14.6. The molecule has 0 aliphatic rings. The number of aryl methyl sites for hydroxylation is 1. The predicted molar refractivity (Wildman–Crippen MR) is 115 cm³/mol. The second-order valence-electron chi connectivity index (χ2n) is 6.17. The van der Waals surface area contributed by atoms with Gasteiger partial charge in [0.25, 0.3) is 5.56 Å². The standard InChI is InChI=1S/C19H16N6O3S2/c26-13-3-1-12(2-4-13)5-9-25-17(28)15-16(21-7-6-20-15)24-19(25)30-11-14(27)23-18-22-8-10-29-18/h1-4,6-8,10,26H,5,9,11H2,(H,22,23,27). The number of rotatable bonds is 7. The molecule has 0 bridgehead atoms. The van der Waals surface area contributed by atoms with Crippen LogP contribution in [-0.4, -0.2) is 41.3 Å². The zero-order chi connectivity index (χ0) is 20.9. The maximum Gasteiger partial charge on any atom is 0.282 e. The molecular weight excluding hydrogens is 424 g/mol. The molecule has 3 aromatic heterocycles. The summed E-state index contributed by atoms with van der Waals surface area (Å²) in [5.74, 6) is 0.00589.